The first kappa shape index (κ1) is 15.9. The molecule has 0 amide bonds. The first-order valence-corrected chi connectivity index (χ1v) is 8.79. The van der Waals surface area contributed by atoms with Crippen molar-refractivity contribution in [1.29, 1.82) is 0 Å². The minimum Gasteiger partial charge on any atom is -0.477 e. The van der Waals surface area contributed by atoms with Gasteiger partial charge in [0, 0.05) is 4.88 Å². The maximum Gasteiger partial charge on any atom is 0.345 e. The largest absolute Gasteiger partial charge is 0.477 e. The molecule has 2 N–H and O–H groups in total. The SMILES string of the molecule is Cc1nc(Br)ccc1NS(=O)(=O)c1cc(C(=O)O)sc1C. The predicted octanol–water partition coefficient (Wildman–Crippen LogP) is 3.02. The first-order valence-electron chi connectivity index (χ1n) is 5.70. The fourth-order valence-corrected chi connectivity index (χ4v) is 4.62. The van der Waals surface area contributed by atoms with Gasteiger partial charge >= 0.3 is 5.97 Å². The van der Waals surface area contributed by atoms with Crippen LogP contribution in [0, 0.1) is 13.8 Å². The van der Waals surface area contributed by atoms with E-state index < -0.39 is 16.0 Å². The van der Waals surface area contributed by atoms with Crippen LogP contribution >= 0.6 is 27.3 Å². The van der Waals surface area contributed by atoms with Crippen LogP contribution in [0.1, 0.15) is 20.2 Å². The summed E-state index contributed by atoms with van der Waals surface area (Å²) in [7, 11) is -3.85. The fraction of sp³-hybridized carbons (Fsp3) is 0.167. The highest BCUT2D eigenvalue weighted by Gasteiger charge is 2.23. The lowest BCUT2D eigenvalue weighted by molar-refractivity contribution is 0.0702. The maximum atomic E-state index is 12.4. The van der Waals surface area contributed by atoms with E-state index in [1.165, 1.54) is 0 Å². The molecule has 6 nitrogen and oxygen atoms in total. The average Bonchev–Trinajstić information content (AvgIpc) is 2.76. The number of rotatable bonds is 4. The fourth-order valence-electron chi connectivity index (χ4n) is 1.68. The third-order valence-corrected chi connectivity index (χ3v) is 5.77. The number of halogens is 1. The monoisotopic (exact) mass is 390 g/mol. The zero-order valence-electron chi connectivity index (χ0n) is 11.0. The van der Waals surface area contributed by atoms with Crippen LogP contribution in [0.4, 0.5) is 5.69 Å². The van der Waals surface area contributed by atoms with Gasteiger partial charge in [-0.1, -0.05) is 0 Å². The van der Waals surface area contributed by atoms with Crippen molar-refractivity contribution in [1.82, 2.24) is 4.98 Å². The second-order valence-electron chi connectivity index (χ2n) is 4.21. The van der Waals surface area contributed by atoms with E-state index in [9.17, 15) is 13.2 Å². The molecule has 0 aliphatic heterocycles. The van der Waals surface area contributed by atoms with Gasteiger partial charge in [0.25, 0.3) is 10.0 Å². The molecule has 0 saturated carbocycles. The number of carboxylic acid groups (broad SMARTS) is 1. The highest BCUT2D eigenvalue weighted by atomic mass is 79.9. The number of thiophene rings is 1. The number of nitrogens with one attached hydrogen (secondary N) is 1. The molecular formula is C12H11BrN2O4S2. The van der Waals surface area contributed by atoms with Gasteiger partial charge < -0.3 is 5.11 Å². The van der Waals surface area contributed by atoms with Crippen molar-refractivity contribution >= 4 is 48.9 Å². The summed E-state index contributed by atoms with van der Waals surface area (Å²) in [6.45, 7) is 3.24. The lowest BCUT2D eigenvalue weighted by Gasteiger charge is -2.09. The van der Waals surface area contributed by atoms with Crippen molar-refractivity contribution in [3.63, 3.8) is 0 Å². The molecule has 0 unspecified atom stereocenters. The van der Waals surface area contributed by atoms with Crippen molar-refractivity contribution in [2.24, 2.45) is 0 Å². The van der Waals surface area contributed by atoms with Crippen LogP contribution in [0.15, 0.2) is 27.7 Å². The molecule has 21 heavy (non-hydrogen) atoms. The van der Waals surface area contributed by atoms with E-state index in [4.69, 9.17) is 5.11 Å². The number of aryl methyl sites for hydroxylation is 2. The third-order valence-electron chi connectivity index (χ3n) is 2.67. The number of nitrogens with zero attached hydrogens (tertiary/aromatic N) is 1. The summed E-state index contributed by atoms with van der Waals surface area (Å²) >= 11 is 4.12. The van der Waals surface area contributed by atoms with Gasteiger partial charge in [0.2, 0.25) is 0 Å². The van der Waals surface area contributed by atoms with E-state index >= 15 is 0 Å². The average molecular weight is 391 g/mol. The van der Waals surface area contributed by atoms with Gasteiger partial charge in [-0.3, -0.25) is 4.72 Å². The molecule has 0 radical (unpaired) electrons. The Kier molecular flexibility index (Phi) is 4.35. The molecule has 0 aliphatic carbocycles. The second kappa shape index (κ2) is 5.74. The van der Waals surface area contributed by atoms with Crippen LogP contribution < -0.4 is 4.72 Å². The smallest absolute Gasteiger partial charge is 0.345 e. The number of carbonyl (C=O) groups is 1. The number of anilines is 1. The van der Waals surface area contributed by atoms with E-state index in [1.54, 1.807) is 26.0 Å². The van der Waals surface area contributed by atoms with E-state index in [0.717, 1.165) is 17.4 Å². The zero-order valence-corrected chi connectivity index (χ0v) is 14.3. The molecule has 0 aromatic carbocycles. The molecular weight excluding hydrogens is 380 g/mol. The third kappa shape index (κ3) is 3.42. The molecule has 0 atom stereocenters. The molecule has 2 aromatic rings. The zero-order chi connectivity index (χ0) is 15.8. The maximum absolute atomic E-state index is 12.4. The highest BCUT2D eigenvalue weighted by Crippen LogP contribution is 2.28. The number of aromatic nitrogens is 1. The van der Waals surface area contributed by atoms with Gasteiger partial charge in [-0.2, -0.15) is 0 Å². The quantitative estimate of drug-likeness (QED) is 0.781. The van der Waals surface area contributed by atoms with Gasteiger partial charge in [-0.15, -0.1) is 11.3 Å². The molecule has 2 aromatic heterocycles. The number of aromatic carboxylic acids is 1. The summed E-state index contributed by atoms with van der Waals surface area (Å²) in [4.78, 5) is 15.4. The molecule has 9 heteroatoms. The van der Waals surface area contributed by atoms with E-state index in [0.29, 0.717) is 20.9 Å². The number of pyridine rings is 1. The molecule has 0 bridgehead atoms. The van der Waals surface area contributed by atoms with Crippen LogP contribution in [0.25, 0.3) is 0 Å². The van der Waals surface area contributed by atoms with Gasteiger partial charge in [-0.05, 0) is 48.0 Å². The highest BCUT2D eigenvalue weighted by molar-refractivity contribution is 9.10. The molecule has 0 spiro atoms. The standard InChI is InChI=1S/C12H11BrN2O4S2/c1-6-8(3-4-11(13)14-6)15-21(18,19)10-5-9(12(16)17)20-7(10)2/h3-5,15H,1-2H3,(H,16,17). The minimum absolute atomic E-state index is 0.0153. The lowest BCUT2D eigenvalue weighted by atomic mass is 10.3. The Morgan fingerprint density at radius 2 is 2.05 bits per heavy atom. The van der Waals surface area contributed by atoms with Crippen LogP contribution in [-0.2, 0) is 10.0 Å². The van der Waals surface area contributed by atoms with Gasteiger partial charge in [0.15, 0.2) is 0 Å². The molecule has 112 valence electrons. The second-order valence-corrected chi connectivity index (χ2v) is 7.93. The van der Waals surface area contributed by atoms with Crippen molar-refractivity contribution in [2.45, 2.75) is 18.7 Å². The molecule has 0 aliphatic rings. The van der Waals surface area contributed by atoms with Crippen LogP contribution in [-0.4, -0.2) is 24.5 Å². The molecule has 0 saturated heterocycles. The number of hydrogen-bond donors (Lipinski definition) is 2. The Morgan fingerprint density at radius 3 is 2.57 bits per heavy atom. The van der Waals surface area contributed by atoms with Crippen molar-refractivity contribution < 1.29 is 18.3 Å². The van der Waals surface area contributed by atoms with E-state index in [2.05, 4.69) is 25.6 Å². The molecule has 0 fully saturated rings. The van der Waals surface area contributed by atoms with Crippen molar-refractivity contribution in [3.8, 4) is 0 Å². The summed E-state index contributed by atoms with van der Waals surface area (Å²) in [5, 5.41) is 8.93. The van der Waals surface area contributed by atoms with Crippen LogP contribution in [0.3, 0.4) is 0 Å². The Balaban J connectivity index is 2.41. The van der Waals surface area contributed by atoms with E-state index in [-0.39, 0.29) is 9.77 Å². The Hall–Kier alpha value is -1.45. The summed E-state index contributed by atoms with van der Waals surface area (Å²) in [6, 6.07) is 4.37. The van der Waals surface area contributed by atoms with Gasteiger partial charge in [-0.25, -0.2) is 18.2 Å². The van der Waals surface area contributed by atoms with Gasteiger partial charge in [0.05, 0.1) is 11.4 Å². The number of sulfonamides is 1. The van der Waals surface area contributed by atoms with Crippen LogP contribution in [0.5, 0.6) is 0 Å². The van der Waals surface area contributed by atoms with Gasteiger partial charge in [0.1, 0.15) is 14.4 Å². The Labute approximate surface area is 134 Å². The number of hydrogen-bond acceptors (Lipinski definition) is 5. The summed E-state index contributed by atoms with van der Waals surface area (Å²) in [5.41, 5.74) is 0.861. The minimum atomic E-state index is -3.85. The van der Waals surface area contributed by atoms with Crippen LogP contribution in [0.2, 0.25) is 0 Å². The predicted molar refractivity (Wildman–Crippen MR) is 83.5 cm³/mol. The molecule has 2 rings (SSSR count). The lowest BCUT2D eigenvalue weighted by Crippen LogP contribution is -2.14. The Morgan fingerprint density at radius 1 is 1.38 bits per heavy atom. The number of carboxylic acids is 1. The summed E-state index contributed by atoms with van der Waals surface area (Å²) in [5.74, 6) is -1.15. The van der Waals surface area contributed by atoms with Crippen molar-refractivity contribution in [3.05, 3.63) is 38.3 Å². The normalized spacial score (nSPS) is 11.4. The summed E-state index contributed by atoms with van der Waals surface area (Å²) in [6.07, 6.45) is 0. The van der Waals surface area contributed by atoms with E-state index in [1.807, 2.05) is 0 Å². The Bertz CT molecular complexity index is 815. The summed E-state index contributed by atoms with van der Waals surface area (Å²) < 4.78 is 27.7. The molecule has 2 heterocycles. The first-order chi connectivity index (χ1) is 9.70. The topological polar surface area (TPSA) is 96.4 Å². The van der Waals surface area contributed by atoms with Crippen molar-refractivity contribution in [2.75, 3.05) is 4.72 Å².